The fraction of sp³-hybridized carbons (Fsp3) is 0.136. The molecule has 0 saturated carbocycles. The lowest BCUT2D eigenvalue weighted by molar-refractivity contribution is 0.590. The second kappa shape index (κ2) is 15.0. The molecule has 0 fully saturated rings. The van der Waals surface area contributed by atoms with Crippen molar-refractivity contribution >= 4 is 43.7 Å². The molecule has 11 rings (SSSR count). The summed E-state index contributed by atoms with van der Waals surface area (Å²) in [6.45, 7) is 13.8. The van der Waals surface area contributed by atoms with Crippen LogP contribution in [-0.2, 0) is 10.8 Å². The first kappa shape index (κ1) is 39.2. The molecular formula is C59H48N4O. The van der Waals surface area contributed by atoms with Crippen molar-refractivity contribution in [3.05, 3.63) is 193 Å². The van der Waals surface area contributed by atoms with Crippen LogP contribution in [0.2, 0.25) is 0 Å². The Morgan fingerprint density at radius 2 is 0.812 bits per heavy atom. The van der Waals surface area contributed by atoms with Gasteiger partial charge in [0.1, 0.15) is 11.2 Å². The van der Waals surface area contributed by atoms with E-state index in [-0.39, 0.29) is 10.8 Å². The second-order valence-electron chi connectivity index (χ2n) is 18.9. The summed E-state index contributed by atoms with van der Waals surface area (Å²) in [6.07, 6.45) is 0. The van der Waals surface area contributed by atoms with Crippen LogP contribution in [0.4, 0.5) is 0 Å². The maximum Gasteiger partial charge on any atom is 0.164 e. The zero-order valence-corrected chi connectivity index (χ0v) is 37.0. The average molecular weight is 829 g/mol. The van der Waals surface area contributed by atoms with Crippen LogP contribution >= 0.6 is 0 Å². The maximum absolute atomic E-state index is 6.22. The summed E-state index contributed by atoms with van der Waals surface area (Å²) >= 11 is 0. The first-order chi connectivity index (χ1) is 31.0. The van der Waals surface area contributed by atoms with Crippen molar-refractivity contribution in [1.29, 1.82) is 0 Å². The van der Waals surface area contributed by atoms with E-state index in [4.69, 9.17) is 19.4 Å². The van der Waals surface area contributed by atoms with Crippen LogP contribution in [0.25, 0.3) is 106 Å². The molecule has 0 bridgehead atoms. The van der Waals surface area contributed by atoms with Crippen molar-refractivity contribution in [2.24, 2.45) is 0 Å². The van der Waals surface area contributed by atoms with Crippen LogP contribution in [0.15, 0.2) is 186 Å². The van der Waals surface area contributed by atoms with Gasteiger partial charge in [-0.25, -0.2) is 15.0 Å². The van der Waals surface area contributed by atoms with Gasteiger partial charge in [-0.1, -0.05) is 163 Å². The number of nitrogens with zero attached hydrogens (tertiary/aromatic N) is 4. The Bertz CT molecular complexity index is 3420. The zero-order chi connectivity index (χ0) is 43.7. The Labute approximate surface area is 373 Å². The molecule has 0 N–H and O–H groups in total. The topological polar surface area (TPSA) is 56.7 Å². The van der Waals surface area contributed by atoms with Gasteiger partial charge in [0, 0.05) is 49.4 Å². The minimum absolute atomic E-state index is 0.0175. The lowest BCUT2D eigenvalue weighted by Crippen LogP contribution is -2.10. The smallest absolute Gasteiger partial charge is 0.164 e. The molecule has 11 aromatic rings. The van der Waals surface area contributed by atoms with Gasteiger partial charge in [-0.15, -0.1) is 0 Å². The molecule has 0 aliphatic heterocycles. The quantitative estimate of drug-likeness (QED) is 0.168. The van der Waals surface area contributed by atoms with E-state index in [9.17, 15) is 0 Å². The van der Waals surface area contributed by atoms with E-state index in [0.29, 0.717) is 17.5 Å². The molecule has 3 aromatic heterocycles. The third kappa shape index (κ3) is 6.85. The largest absolute Gasteiger partial charge is 0.456 e. The number of rotatable bonds is 6. The Kier molecular flexibility index (Phi) is 9.21. The molecule has 0 unspecified atom stereocenters. The third-order valence-electron chi connectivity index (χ3n) is 12.6. The molecule has 0 radical (unpaired) electrons. The van der Waals surface area contributed by atoms with Crippen molar-refractivity contribution in [1.82, 2.24) is 19.5 Å². The minimum atomic E-state index is -0.0175. The predicted molar refractivity (Wildman–Crippen MR) is 266 cm³/mol. The van der Waals surface area contributed by atoms with Gasteiger partial charge in [0.05, 0.1) is 16.7 Å². The normalized spacial score (nSPS) is 12.2. The fourth-order valence-electron chi connectivity index (χ4n) is 9.09. The highest BCUT2D eigenvalue weighted by atomic mass is 16.3. The summed E-state index contributed by atoms with van der Waals surface area (Å²) in [7, 11) is 0. The number of fused-ring (bicyclic) bond motifs is 6. The maximum atomic E-state index is 6.22. The summed E-state index contributed by atoms with van der Waals surface area (Å²) in [4.78, 5) is 15.8. The van der Waals surface area contributed by atoms with E-state index in [1.807, 2.05) is 48.5 Å². The molecule has 5 heteroatoms. The van der Waals surface area contributed by atoms with Crippen LogP contribution < -0.4 is 0 Å². The van der Waals surface area contributed by atoms with Gasteiger partial charge in [-0.3, -0.25) is 0 Å². The van der Waals surface area contributed by atoms with Crippen molar-refractivity contribution in [2.75, 3.05) is 0 Å². The van der Waals surface area contributed by atoms with Gasteiger partial charge in [0.25, 0.3) is 0 Å². The molecule has 310 valence electrons. The zero-order valence-electron chi connectivity index (χ0n) is 37.0. The van der Waals surface area contributed by atoms with E-state index in [0.717, 1.165) is 77.6 Å². The molecule has 0 aliphatic carbocycles. The molecule has 5 nitrogen and oxygen atoms in total. The van der Waals surface area contributed by atoms with Crippen molar-refractivity contribution in [3.63, 3.8) is 0 Å². The van der Waals surface area contributed by atoms with Crippen molar-refractivity contribution in [3.8, 4) is 62.1 Å². The van der Waals surface area contributed by atoms with Gasteiger partial charge in [-0.2, -0.15) is 0 Å². The monoisotopic (exact) mass is 828 g/mol. The molecule has 0 aliphatic rings. The number of furan rings is 1. The molecule has 3 heterocycles. The lowest BCUT2D eigenvalue weighted by Gasteiger charge is -2.22. The summed E-state index contributed by atoms with van der Waals surface area (Å²) in [5, 5.41) is 4.57. The van der Waals surface area contributed by atoms with E-state index in [1.54, 1.807) is 0 Å². The first-order valence-corrected chi connectivity index (χ1v) is 22.1. The summed E-state index contributed by atoms with van der Waals surface area (Å²) in [5.74, 6) is 1.79. The molecule has 64 heavy (non-hydrogen) atoms. The number of para-hydroxylation sites is 1. The molecule has 0 spiro atoms. The van der Waals surface area contributed by atoms with Gasteiger partial charge in [0.2, 0.25) is 0 Å². The SMILES string of the molecule is CC(C)(C)c1ccc2c(c1)c1cc(C(C)(C)C)ccc1n2-c1c(-c2ccccc2)cc(-c2nc(-c3ccccc3)nc(-c3ccc4oc5ccccc5c4c3)n2)cc1-c1ccccc1. The van der Waals surface area contributed by atoms with Crippen molar-refractivity contribution in [2.45, 2.75) is 52.4 Å². The lowest BCUT2D eigenvalue weighted by atomic mass is 9.85. The summed E-state index contributed by atoms with van der Waals surface area (Å²) in [5.41, 5.74) is 14.7. The highest BCUT2D eigenvalue weighted by Gasteiger charge is 2.26. The van der Waals surface area contributed by atoms with Crippen LogP contribution in [0.3, 0.4) is 0 Å². The summed E-state index contributed by atoms with van der Waals surface area (Å²) in [6, 6.07) is 64.7. The average Bonchev–Trinajstić information content (AvgIpc) is 3.86. The first-order valence-electron chi connectivity index (χ1n) is 22.1. The number of aromatic nitrogens is 4. The highest BCUT2D eigenvalue weighted by Crippen LogP contribution is 2.45. The molecule has 0 saturated heterocycles. The Hall–Kier alpha value is -7.63. The highest BCUT2D eigenvalue weighted by molar-refractivity contribution is 6.11. The third-order valence-corrected chi connectivity index (χ3v) is 12.6. The summed E-state index contributed by atoms with van der Waals surface area (Å²) < 4.78 is 8.72. The number of hydrogen-bond acceptors (Lipinski definition) is 4. The van der Waals surface area contributed by atoms with Crippen LogP contribution in [0.5, 0.6) is 0 Å². The van der Waals surface area contributed by atoms with E-state index in [2.05, 4.69) is 180 Å². The molecule has 8 aromatic carbocycles. The Balaban J connectivity index is 1.23. The van der Waals surface area contributed by atoms with Crippen molar-refractivity contribution < 1.29 is 4.42 Å². The number of benzene rings is 8. The van der Waals surface area contributed by atoms with Crippen LogP contribution in [0.1, 0.15) is 52.7 Å². The van der Waals surface area contributed by atoms with Crippen LogP contribution in [0, 0.1) is 0 Å². The van der Waals surface area contributed by atoms with Crippen LogP contribution in [-0.4, -0.2) is 19.5 Å². The Morgan fingerprint density at radius 1 is 0.359 bits per heavy atom. The molecule has 0 amide bonds. The molecular weight excluding hydrogens is 781 g/mol. The second-order valence-corrected chi connectivity index (χ2v) is 18.9. The van der Waals surface area contributed by atoms with Gasteiger partial charge in [0.15, 0.2) is 17.5 Å². The minimum Gasteiger partial charge on any atom is -0.456 e. The van der Waals surface area contributed by atoms with Gasteiger partial charge < -0.3 is 8.98 Å². The van der Waals surface area contributed by atoms with E-state index >= 15 is 0 Å². The number of hydrogen-bond donors (Lipinski definition) is 0. The molecule has 0 atom stereocenters. The van der Waals surface area contributed by atoms with Gasteiger partial charge >= 0.3 is 0 Å². The van der Waals surface area contributed by atoms with E-state index < -0.39 is 0 Å². The van der Waals surface area contributed by atoms with Gasteiger partial charge in [-0.05, 0) is 93.7 Å². The fourth-order valence-corrected chi connectivity index (χ4v) is 9.09. The van der Waals surface area contributed by atoms with E-state index in [1.165, 1.54) is 21.9 Å². The standard InChI is InChI=1S/C59H48N4O/c1-58(2,3)42-27-29-50-47(35-42)48-36-43(59(4,5)6)28-30-51(48)63(50)54-45(37-18-10-7-11-19-37)33-41(34-46(54)38-20-12-8-13-21-38)57-61-55(39-22-14-9-15-23-39)60-56(62-57)40-26-31-53-49(32-40)44-24-16-17-25-52(44)64-53/h7-36H,1-6H3. The Morgan fingerprint density at radius 3 is 1.34 bits per heavy atom. The predicted octanol–water partition coefficient (Wildman–Crippen LogP) is 15.8.